The molecule has 0 N–H and O–H groups in total. The fourth-order valence-electron chi connectivity index (χ4n) is 4.25. The largest absolute Gasteiger partial charge is 0.297 e. The third-order valence-electron chi connectivity index (χ3n) is 5.41. The lowest BCUT2D eigenvalue weighted by Crippen LogP contribution is -2.44. The Morgan fingerprint density at radius 2 is 1.59 bits per heavy atom. The fourth-order valence-corrected chi connectivity index (χ4v) is 4.25. The van der Waals surface area contributed by atoms with Crippen molar-refractivity contribution >= 4 is 0 Å². The fraction of sp³-hybridized carbons (Fsp3) is 1.00. The molecule has 2 fully saturated rings. The molecule has 0 spiro atoms. The number of fused-ring (bicyclic) bond motifs is 1. The smallest absolute Gasteiger partial charge is 0.0153 e. The lowest BCUT2D eigenvalue weighted by molar-refractivity contribution is 0.102. The molecule has 0 bridgehead atoms. The minimum Gasteiger partial charge on any atom is -0.297 e. The van der Waals surface area contributed by atoms with Gasteiger partial charge in [-0.1, -0.05) is 40.5 Å². The van der Waals surface area contributed by atoms with Crippen LogP contribution in [-0.4, -0.2) is 23.5 Å². The summed E-state index contributed by atoms with van der Waals surface area (Å²) in [7, 11) is 0. The van der Waals surface area contributed by atoms with Crippen molar-refractivity contribution in [3.05, 3.63) is 0 Å². The summed E-state index contributed by atoms with van der Waals surface area (Å²) in [5.74, 6) is 3.63. The number of hydrogen-bond acceptors (Lipinski definition) is 1. The van der Waals surface area contributed by atoms with Gasteiger partial charge >= 0.3 is 0 Å². The van der Waals surface area contributed by atoms with Crippen molar-refractivity contribution in [1.29, 1.82) is 0 Å². The molecular weight excluding hydrogens is 206 g/mol. The van der Waals surface area contributed by atoms with Crippen LogP contribution in [0.2, 0.25) is 0 Å². The lowest BCUT2D eigenvalue weighted by atomic mass is 9.76. The Bertz CT molecular complexity index is 246. The Labute approximate surface area is 108 Å². The molecule has 0 amide bonds. The molecule has 0 aromatic rings. The molecule has 1 saturated heterocycles. The van der Waals surface area contributed by atoms with Gasteiger partial charge in [0, 0.05) is 18.6 Å². The topological polar surface area (TPSA) is 3.24 Å². The highest BCUT2D eigenvalue weighted by molar-refractivity contribution is 4.98. The Morgan fingerprint density at radius 3 is 2.18 bits per heavy atom. The van der Waals surface area contributed by atoms with Gasteiger partial charge in [0.05, 0.1) is 0 Å². The van der Waals surface area contributed by atoms with Crippen molar-refractivity contribution < 1.29 is 0 Å². The second-order valence-corrected chi connectivity index (χ2v) is 7.12. The molecule has 17 heavy (non-hydrogen) atoms. The highest BCUT2D eigenvalue weighted by Crippen LogP contribution is 2.44. The average Bonchev–Trinajstić information content (AvgIpc) is 2.66. The van der Waals surface area contributed by atoms with Gasteiger partial charge in [-0.3, -0.25) is 4.90 Å². The highest BCUT2D eigenvalue weighted by atomic mass is 15.2. The van der Waals surface area contributed by atoms with Crippen molar-refractivity contribution in [2.75, 3.05) is 6.54 Å². The molecule has 1 aliphatic carbocycles. The van der Waals surface area contributed by atoms with Crippen molar-refractivity contribution in [3.63, 3.8) is 0 Å². The first kappa shape index (κ1) is 13.4. The maximum atomic E-state index is 2.86. The van der Waals surface area contributed by atoms with E-state index in [9.17, 15) is 0 Å². The van der Waals surface area contributed by atoms with Crippen molar-refractivity contribution in [3.8, 4) is 0 Å². The van der Waals surface area contributed by atoms with E-state index in [-0.39, 0.29) is 0 Å². The monoisotopic (exact) mass is 237 g/mol. The summed E-state index contributed by atoms with van der Waals surface area (Å²) in [4.78, 5) is 2.86. The van der Waals surface area contributed by atoms with Gasteiger partial charge in [-0.05, 0) is 43.4 Å². The van der Waals surface area contributed by atoms with Gasteiger partial charge in [0.1, 0.15) is 0 Å². The van der Waals surface area contributed by atoms with Crippen LogP contribution in [0, 0.1) is 23.7 Å². The zero-order valence-electron chi connectivity index (χ0n) is 12.4. The number of likely N-dealkylation sites (tertiary alicyclic amines) is 1. The van der Waals surface area contributed by atoms with E-state index in [1.54, 1.807) is 0 Å². The lowest BCUT2D eigenvalue weighted by Gasteiger charge is -2.38. The van der Waals surface area contributed by atoms with E-state index in [0.717, 1.165) is 35.8 Å². The maximum Gasteiger partial charge on any atom is 0.0153 e. The van der Waals surface area contributed by atoms with Crippen LogP contribution >= 0.6 is 0 Å². The highest BCUT2D eigenvalue weighted by Gasteiger charge is 2.45. The molecule has 4 unspecified atom stereocenters. The summed E-state index contributed by atoms with van der Waals surface area (Å²) in [5, 5.41) is 0. The summed E-state index contributed by atoms with van der Waals surface area (Å²) in [6.07, 6.45) is 5.95. The van der Waals surface area contributed by atoms with E-state index < -0.39 is 0 Å². The van der Waals surface area contributed by atoms with Crippen LogP contribution in [0.15, 0.2) is 0 Å². The van der Waals surface area contributed by atoms with E-state index in [1.807, 2.05) is 0 Å². The van der Waals surface area contributed by atoms with Gasteiger partial charge in [0.2, 0.25) is 0 Å². The van der Waals surface area contributed by atoms with E-state index in [4.69, 9.17) is 0 Å². The van der Waals surface area contributed by atoms with Crippen LogP contribution in [0.25, 0.3) is 0 Å². The van der Waals surface area contributed by atoms with Gasteiger partial charge in [-0.15, -0.1) is 0 Å². The van der Waals surface area contributed by atoms with Gasteiger partial charge in [-0.2, -0.15) is 0 Å². The standard InChI is InChI=1S/C16H31N/c1-11(2)13(5)17-10-14-8-6-7-9-15(14)16(17)12(3)4/h11-16H,6-10H2,1-5H3. The Balaban J connectivity index is 2.15. The predicted molar refractivity (Wildman–Crippen MR) is 75.1 cm³/mol. The molecule has 100 valence electrons. The Hall–Kier alpha value is -0.0400. The molecule has 1 heterocycles. The van der Waals surface area contributed by atoms with Crippen LogP contribution in [0.3, 0.4) is 0 Å². The van der Waals surface area contributed by atoms with Gasteiger partial charge in [-0.25, -0.2) is 0 Å². The van der Waals surface area contributed by atoms with Gasteiger partial charge < -0.3 is 0 Å². The van der Waals surface area contributed by atoms with Gasteiger partial charge in [0.15, 0.2) is 0 Å². The minimum atomic E-state index is 0.757. The first-order chi connectivity index (χ1) is 8.02. The van der Waals surface area contributed by atoms with Crippen molar-refractivity contribution in [1.82, 2.24) is 4.90 Å². The molecule has 1 nitrogen and oxygen atoms in total. The normalized spacial score (nSPS) is 36.5. The molecule has 0 aromatic carbocycles. The second-order valence-electron chi connectivity index (χ2n) is 7.12. The summed E-state index contributed by atoms with van der Waals surface area (Å²) in [6, 6.07) is 1.62. The van der Waals surface area contributed by atoms with Crippen LogP contribution in [0.1, 0.15) is 60.3 Å². The third kappa shape index (κ3) is 2.54. The Morgan fingerprint density at radius 1 is 0.941 bits per heavy atom. The number of rotatable bonds is 3. The van der Waals surface area contributed by atoms with Crippen LogP contribution in [0.4, 0.5) is 0 Å². The first-order valence-electron chi connectivity index (χ1n) is 7.78. The number of nitrogens with zero attached hydrogens (tertiary/aromatic N) is 1. The quantitative estimate of drug-likeness (QED) is 0.712. The number of hydrogen-bond donors (Lipinski definition) is 0. The molecule has 2 aliphatic rings. The minimum absolute atomic E-state index is 0.757. The molecule has 1 saturated carbocycles. The van der Waals surface area contributed by atoms with E-state index >= 15 is 0 Å². The predicted octanol–water partition coefficient (Wildman–Crippen LogP) is 4.18. The SMILES string of the molecule is CC(C)C(C)N1CC2CCCCC2C1C(C)C. The zero-order valence-corrected chi connectivity index (χ0v) is 12.4. The first-order valence-corrected chi connectivity index (χ1v) is 7.78. The van der Waals surface area contributed by atoms with E-state index in [1.165, 1.54) is 32.2 Å². The van der Waals surface area contributed by atoms with Crippen LogP contribution < -0.4 is 0 Å². The van der Waals surface area contributed by atoms with E-state index in [0.29, 0.717) is 0 Å². The maximum absolute atomic E-state index is 2.86. The molecule has 2 rings (SSSR count). The van der Waals surface area contributed by atoms with Crippen LogP contribution in [-0.2, 0) is 0 Å². The molecule has 4 atom stereocenters. The molecule has 1 heteroatoms. The Kier molecular flexibility index (Phi) is 4.18. The zero-order chi connectivity index (χ0) is 12.6. The molecular formula is C16H31N. The van der Waals surface area contributed by atoms with Gasteiger partial charge in [0.25, 0.3) is 0 Å². The second kappa shape index (κ2) is 5.30. The molecule has 0 aromatic heterocycles. The van der Waals surface area contributed by atoms with Crippen molar-refractivity contribution in [2.45, 2.75) is 72.4 Å². The average molecular weight is 237 g/mol. The van der Waals surface area contributed by atoms with Crippen LogP contribution in [0.5, 0.6) is 0 Å². The van der Waals surface area contributed by atoms with Crippen molar-refractivity contribution in [2.24, 2.45) is 23.7 Å². The molecule has 1 aliphatic heterocycles. The summed E-state index contributed by atoms with van der Waals surface area (Å²) < 4.78 is 0. The third-order valence-corrected chi connectivity index (χ3v) is 5.41. The summed E-state index contributed by atoms with van der Waals surface area (Å²) >= 11 is 0. The summed E-state index contributed by atoms with van der Waals surface area (Å²) in [5.41, 5.74) is 0. The molecule has 0 radical (unpaired) electrons. The summed E-state index contributed by atoms with van der Waals surface area (Å²) in [6.45, 7) is 13.4. The van der Waals surface area contributed by atoms with E-state index in [2.05, 4.69) is 39.5 Å².